The van der Waals surface area contributed by atoms with Gasteiger partial charge >= 0.3 is 5.97 Å². The Balaban J connectivity index is 4.42. The minimum atomic E-state index is -0.411. The number of nitrogens with zero attached hydrogens (tertiary/aromatic N) is 1. The number of oxime groups is 1. The Labute approximate surface area is 82.7 Å². The summed E-state index contributed by atoms with van der Waals surface area (Å²) in [6, 6.07) is 0. The zero-order valence-electron chi connectivity index (χ0n) is 8.36. The number of hydrogen-bond acceptors (Lipinski definition) is 5. The van der Waals surface area contributed by atoms with Gasteiger partial charge in [-0.25, -0.2) is 4.79 Å². The zero-order chi connectivity index (χ0) is 10.3. The minimum Gasteiger partial charge on any atom is -0.461 e. The van der Waals surface area contributed by atoms with Crippen LogP contribution in [-0.2, 0) is 14.4 Å². The lowest BCUT2D eigenvalue weighted by atomic mass is 10.3. The molecule has 0 aromatic rings. The van der Waals surface area contributed by atoms with Crippen molar-refractivity contribution in [2.24, 2.45) is 5.16 Å². The Bertz CT molecular complexity index is 194. The van der Waals surface area contributed by atoms with Crippen LogP contribution in [0.2, 0.25) is 0 Å². The molecular weight excluding hydrogens is 190 g/mol. The van der Waals surface area contributed by atoms with Crippen LogP contribution in [0.1, 0.15) is 13.8 Å². The van der Waals surface area contributed by atoms with Gasteiger partial charge in [0.05, 0.1) is 11.9 Å². The van der Waals surface area contributed by atoms with Crippen LogP contribution in [0.25, 0.3) is 0 Å². The molecule has 0 heterocycles. The van der Waals surface area contributed by atoms with E-state index in [1.807, 2.05) is 13.2 Å². The van der Waals surface area contributed by atoms with Gasteiger partial charge in [0.1, 0.15) is 7.11 Å². The lowest BCUT2D eigenvalue weighted by molar-refractivity contribution is -0.135. The summed E-state index contributed by atoms with van der Waals surface area (Å²) in [6.45, 7) is 3.98. The number of hydrogen-bond donors (Lipinski definition) is 0. The number of thioether (sulfide) groups is 1. The second-order valence-corrected chi connectivity index (χ2v) is 3.44. The second-order valence-electron chi connectivity index (χ2n) is 2.26. The van der Waals surface area contributed by atoms with E-state index in [-0.39, 0.29) is 5.25 Å². The molecule has 0 aliphatic rings. The first-order chi connectivity index (χ1) is 6.17. The Morgan fingerprint density at radius 3 is 2.62 bits per heavy atom. The molecule has 0 aliphatic carbocycles. The molecule has 0 saturated heterocycles. The summed E-state index contributed by atoms with van der Waals surface area (Å²) in [5.41, 5.74) is 0.317. The Morgan fingerprint density at radius 1 is 1.62 bits per heavy atom. The molecule has 13 heavy (non-hydrogen) atoms. The summed E-state index contributed by atoms with van der Waals surface area (Å²) >= 11 is 1.52. The van der Waals surface area contributed by atoms with Crippen molar-refractivity contribution in [1.82, 2.24) is 0 Å². The Hall–Kier alpha value is -0.710. The van der Waals surface area contributed by atoms with Crippen molar-refractivity contribution in [1.29, 1.82) is 0 Å². The first-order valence-electron chi connectivity index (χ1n) is 3.98. The summed E-state index contributed by atoms with van der Waals surface area (Å²) in [4.78, 5) is 15.9. The predicted octanol–water partition coefficient (Wildman–Crippen LogP) is 1.30. The topological polar surface area (TPSA) is 47.9 Å². The van der Waals surface area contributed by atoms with Crippen molar-refractivity contribution in [2.75, 3.05) is 20.0 Å². The third-order valence-electron chi connectivity index (χ3n) is 1.41. The van der Waals surface area contributed by atoms with Crippen molar-refractivity contribution in [2.45, 2.75) is 19.1 Å². The van der Waals surface area contributed by atoms with Crippen LogP contribution in [0.15, 0.2) is 5.16 Å². The van der Waals surface area contributed by atoms with E-state index in [0.29, 0.717) is 12.3 Å². The van der Waals surface area contributed by atoms with Crippen molar-refractivity contribution in [3.63, 3.8) is 0 Å². The van der Waals surface area contributed by atoms with Crippen molar-refractivity contribution >= 4 is 23.4 Å². The third kappa shape index (κ3) is 4.17. The molecule has 0 saturated carbocycles. The SMILES string of the molecule is CCOC(=O)C(=NOC)C(C)SC. The number of rotatable bonds is 5. The summed E-state index contributed by atoms with van der Waals surface area (Å²) < 4.78 is 4.82. The highest BCUT2D eigenvalue weighted by Gasteiger charge is 2.20. The van der Waals surface area contributed by atoms with Crippen LogP contribution in [0.3, 0.4) is 0 Å². The van der Waals surface area contributed by atoms with Crippen molar-refractivity contribution in [3.8, 4) is 0 Å². The van der Waals surface area contributed by atoms with Crippen LogP contribution in [0.4, 0.5) is 0 Å². The first kappa shape index (κ1) is 12.3. The van der Waals surface area contributed by atoms with E-state index in [1.54, 1.807) is 6.92 Å². The van der Waals surface area contributed by atoms with Crippen LogP contribution < -0.4 is 0 Å². The normalized spacial score (nSPS) is 13.7. The molecule has 0 amide bonds. The Kier molecular flexibility index (Phi) is 6.40. The van der Waals surface area contributed by atoms with Gasteiger partial charge in [0, 0.05) is 0 Å². The first-order valence-corrected chi connectivity index (χ1v) is 5.27. The fraction of sp³-hybridized carbons (Fsp3) is 0.750. The number of esters is 1. The van der Waals surface area contributed by atoms with E-state index in [0.717, 1.165) is 0 Å². The summed E-state index contributed by atoms with van der Waals surface area (Å²) in [6.07, 6.45) is 1.90. The summed E-state index contributed by atoms with van der Waals surface area (Å²) in [7, 11) is 1.41. The predicted molar refractivity (Wildman–Crippen MR) is 54.1 cm³/mol. The molecule has 0 aliphatic heterocycles. The van der Waals surface area contributed by atoms with Gasteiger partial charge in [0.15, 0.2) is 5.71 Å². The zero-order valence-corrected chi connectivity index (χ0v) is 9.18. The van der Waals surface area contributed by atoms with E-state index in [1.165, 1.54) is 18.9 Å². The highest BCUT2D eigenvalue weighted by molar-refractivity contribution is 8.00. The molecule has 0 N–H and O–H groups in total. The van der Waals surface area contributed by atoms with Gasteiger partial charge in [-0.1, -0.05) is 5.16 Å². The second kappa shape index (κ2) is 6.77. The van der Waals surface area contributed by atoms with E-state index < -0.39 is 5.97 Å². The standard InChI is InChI=1S/C8H15NO3S/c1-5-12-8(10)7(9-11-3)6(2)13-4/h6H,5H2,1-4H3. The van der Waals surface area contributed by atoms with Gasteiger partial charge in [-0.2, -0.15) is 11.8 Å². The maximum Gasteiger partial charge on any atom is 0.357 e. The average molecular weight is 205 g/mol. The molecule has 0 bridgehead atoms. The fourth-order valence-corrected chi connectivity index (χ4v) is 1.05. The van der Waals surface area contributed by atoms with Gasteiger partial charge in [-0.05, 0) is 20.1 Å². The molecule has 0 fully saturated rings. The fourth-order valence-electron chi connectivity index (χ4n) is 0.692. The smallest absolute Gasteiger partial charge is 0.357 e. The average Bonchev–Trinajstić information content (AvgIpc) is 2.13. The molecular formula is C8H15NO3S. The highest BCUT2D eigenvalue weighted by Crippen LogP contribution is 2.09. The van der Waals surface area contributed by atoms with Gasteiger partial charge in [0.25, 0.3) is 0 Å². The molecule has 0 aromatic heterocycles. The van der Waals surface area contributed by atoms with Gasteiger partial charge in [-0.3, -0.25) is 0 Å². The summed E-state index contributed by atoms with van der Waals surface area (Å²) in [5.74, 6) is -0.411. The molecule has 0 rings (SSSR count). The lowest BCUT2D eigenvalue weighted by Crippen LogP contribution is -2.26. The van der Waals surface area contributed by atoms with E-state index in [9.17, 15) is 4.79 Å². The molecule has 0 spiro atoms. The van der Waals surface area contributed by atoms with Gasteiger partial charge < -0.3 is 9.57 Å². The van der Waals surface area contributed by atoms with Crippen LogP contribution in [0, 0.1) is 0 Å². The van der Waals surface area contributed by atoms with Gasteiger partial charge in [0.2, 0.25) is 0 Å². The molecule has 1 unspecified atom stereocenters. The molecule has 5 heteroatoms. The van der Waals surface area contributed by atoms with Crippen molar-refractivity contribution in [3.05, 3.63) is 0 Å². The maximum atomic E-state index is 11.3. The minimum absolute atomic E-state index is 0.0148. The number of carbonyl (C=O) groups excluding carboxylic acids is 1. The highest BCUT2D eigenvalue weighted by atomic mass is 32.2. The molecule has 1 atom stereocenters. The number of ether oxygens (including phenoxy) is 1. The van der Waals surface area contributed by atoms with Crippen LogP contribution >= 0.6 is 11.8 Å². The molecule has 4 nitrogen and oxygen atoms in total. The summed E-state index contributed by atoms with van der Waals surface area (Å²) in [5, 5.41) is 3.62. The van der Waals surface area contributed by atoms with Crippen LogP contribution in [0.5, 0.6) is 0 Å². The van der Waals surface area contributed by atoms with Gasteiger partial charge in [-0.15, -0.1) is 0 Å². The van der Waals surface area contributed by atoms with Crippen molar-refractivity contribution < 1.29 is 14.4 Å². The molecule has 76 valence electrons. The number of carbonyl (C=O) groups is 1. The van der Waals surface area contributed by atoms with E-state index in [2.05, 4.69) is 9.99 Å². The monoisotopic (exact) mass is 205 g/mol. The molecule has 0 radical (unpaired) electrons. The lowest BCUT2D eigenvalue weighted by Gasteiger charge is -2.09. The van der Waals surface area contributed by atoms with Crippen LogP contribution in [-0.4, -0.2) is 36.9 Å². The quantitative estimate of drug-likeness (QED) is 0.385. The largest absolute Gasteiger partial charge is 0.461 e. The van der Waals surface area contributed by atoms with E-state index >= 15 is 0 Å². The Morgan fingerprint density at radius 2 is 2.23 bits per heavy atom. The third-order valence-corrected chi connectivity index (χ3v) is 2.34. The van der Waals surface area contributed by atoms with E-state index in [4.69, 9.17) is 4.74 Å². The maximum absolute atomic E-state index is 11.3. The molecule has 0 aromatic carbocycles.